The van der Waals surface area contributed by atoms with Crippen LogP contribution in [0.4, 0.5) is 0 Å². The molecule has 2 saturated heterocycles. The van der Waals surface area contributed by atoms with Crippen molar-refractivity contribution in [2.45, 2.75) is 82.5 Å². The molecule has 8 nitrogen and oxygen atoms in total. The number of amides is 2. The summed E-state index contributed by atoms with van der Waals surface area (Å²) in [5.74, 6) is -2.25. The highest BCUT2D eigenvalue weighted by atomic mass is 16.6. The van der Waals surface area contributed by atoms with Crippen LogP contribution < -0.4 is 0 Å². The summed E-state index contributed by atoms with van der Waals surface area (Å²) in [6.07, 6.45) is 14.8. The summed E-state index contributed by atoms with van der Waals surface area (Å²) in [4.78, 5) is 44.6. The second-order valence-electron chi connectivity index (χ2n) is 10.1. The molecule has 0 radical (unpaired) electrons. The third-order valence-electron chi connectivity index (χ3n) is 7.77. The molecule has 194 valence electrons. The Balaban J connectivity index is 1.69. The Morgan fingerprint density at radius 2 is 1.86 bits per heavy atom. The molecule has 0 saturated carbocycles. The monoisotopic (exact) mass is 488 g/mol. The first kappa shape index (κ1) is 25.9. The Kier molecular flexibility index (Phi) is 8.65. The van der Waals surface area contributed by atoms with E-state index in [-0.39, 0.29) is 18.4 Å². The van der Waals surface area contributed by atoms with Gasteiger partial charge in [-0.2, -0.15) is 0 Å². The molecule has 2 amide bonds. The van der Waals surface area contributed by atoms with Gasteiger partial charge in [-0.05, 0) is 38.5 Å². The van der Waals surface area contributed by atoms with Gasteiger partial charge in [0.25, 0.3) is 0 Å². The quantitative estimate of drug-likeness (QED) is 0.305. The zero-order chi connectivity index (χ0) is 24.8. The Labute approximate surface area is 208 Å². The zero-order valence-corrected chi connectivity index (χ0v) is 20.9. The lowest BCUT2D eigenvalue weighted by Gasteiger charge is -2.35. The fourth-order valence-corrected chi connectivity index (χ4v) is 6.00. The van der Waals surface area contributed by atoms with Crippen LogP contribution in [0, 0.1) is 11.8 Å². The summed E-state index contributed by atoms with van der Waals surface area (Å²) in [6.45, 7) is 4.11. The lowest BCUT2D eigenvalue weighted by molar-refractivity contribution is -0.155. The number of hydrogen-bond acceptors (Lipinski definition) is 6. The number of unbranched alkanes of at least 4 members (excludes halogenated alkanes) is 4. The van der Waals surface area contributed by atoms with Crippen molar-refractivity contribution in [3.8, 4) is 0 Å². The van der Waals surface area contributed by atoms with E-state index in [0.29, 0.717) is 26.2 Å². The molecule has 4 aliphatic heterocycles. The predicted octanol–water partition coefficient (Wildman–Crippen LogP) is 2.60. The van der Waals surface area contributed by atoms with Gasteiger partial charge in [0, 0.05) is 26.2 Å². The Morgan fingerprint density at radius 1 is 1.03 bits per heavy atom. The minimum absolute atomic E-state index is 0.101. The van der Waals surface area contributed by atoms with Gasteiger partial charge in [0.05, 0.1) is 18.6 Å². The van der Waals surface area contributed by atoms with Gasteiger partial charge in [-0.1, -0.05) is 50.5 Å². The molecule has 4 rings (SSSR count). The van der Waals surface area contributed by atoms with E-state index in [2.05, 4.69) is 6.92 Å². The second kappa shape index (κ2) is 11.7. The number of carbonyl (C=O) groups excluding carboxylic acids is 3. The number of esters is 1. The molecule has 4 aliphatic rings. The van der Waals surface area contributed by atoms with Crippen molar-refractivity contribution in [2.75, 3.05) is 32.8 Å². The van der Waals surface area contributed by atoms with Gasteiger partial charge in [0.15, 0.2) is 0 Å². The fourth-order valence-electron chi connectivity index (χ4n) is 6.00. The summed E-state index contributed by atoms with van der Waals surface area (Å²) in [6, 6.07) is -0.785. The number of aliphatic hydroxyl groups is 1. The Hall–Kier alpha value is -2.19. The number of cyclic esters (lactones) is 1. The molecule has 35 heavy (non-hydrogen) atoms. The van der Waals surface area contributed by atoms with Crippen molar-refractivity contribution in [1.82, 2.24) is 9.80 Å². The maximum atomic E-state index is 14.0. The third kappa shape index (κ3) is 5.05. The SMILES string of the molecule is CCCCN1CC=C[C@]23O[C@H]4/C=C\CCCCOC(=O)[C@H]4[C@H]2C(=O)N(CCCCCCO)C3C1=O. The summed E-state index contributed by atoms with van der Waals surface area (Å²) in [5, 5.41) is 9.07. The number of allylic oxidation sites excluding steroid dienone is 1. The van der Waals surface area contributed by atoms with Gasteiger partial charge in [0.1, 0.15) is 17.6 Å². The highest BCUT2D eigenvalue weighted by Gasteiger charge is 2.71. The predicted molar refractivity (Wildman–Crippen MR) is 130 cm³/mol. The lowest BCUT2D eigenvalue weighted by Crippen LogP contribution is -2.55. The first-order valence-corrected chi connectivity index (χ1v) is 13.4. The van der Waals surface area contributed by atoms with E-state index in [9.17, 15) is 14.4 Å². The molecule has 2 fully saturated rings. The van der Waals surface area contributed by atoms with E-state index in [0.717, 1.165) is 57.8 Å². The number of carbonyl (C=O) groups is 3. The molecular weight excluding hydrogens is 448 g/mol. The standard InChI is InChI=1S/C27H40N2O6/c1-2-3-15-28-16-12-14-27-22(21-20(35-27)13-8-4-7-11-19-34-26(21)33)24(31)29(23(27)25(28)32)17-9-5-6-10-18-30/h8,12-14,20-23,30H,2-7,9-11,15-19H2,1H3/b13-8-/t20-,21+,22-,23?,27-/m0/s1. The maximum absolute atomic E-state index is 14.0. The van der Waals surface area contributed by atoms with E-state index in [4.69, 9.17) is 14.6 Å². The molecule has 0 aromatic heterocycles. The minimum atomic E-state index is -1.17. The van der Waals surface area contributed by atoms with Gasteiger partial charge >= 0.3 is 5.97 Å². The molecule has 0 aromatic rings. The van der Waals surface area contributed by atoms with Gasteiger partial charge in [-0.25, -0.2) is 0 Å². The van der Waals surface area contributed by atoms with Crippen molar-refractivity contribution in [3.05, 3.63) is 24.3 Å². The Morgan fingerprint density at radius 3 is 2.66 bits per heavy atom. The van der Waals surface area contributed by atoms with Crippen LogP contribution in [-0.4, -0.2) is 83.3 Å². The largest absolute Gasteiger partial charge is 0.465 e. The lowest BCUT2D eigenvalue weighted by atomic mass is 9.78. The first-order valence-electron chi connectivity index (χ1n) is 13.4. The summed E-state index contributed by atoms with van der Waals surface area (Å²) in [7, 11) is 0. The number of fused-ring (bicyclic) bond motifs is 2. The molecule has 1 N–H and O–H groups in total. The summed E-state index contributed by atoms with van der Waals surface area (Å²) < 4.78 is 12.2. The van der Waals surface area contributed by atoms with Gasteiger partial charge in [-0.15, -0.1) is 0 Å². The molecule has 0 aliphatic carbocycles. The number of hydrogen-bond donors (Lipinski definition) is 1. The van der Waals surface area contributed by atoms with Crippen LogP contribution in [-0.2, 0) is 23.9 Å². The van der Waals surface area contributed by atoms with Crippen molar-refractivity contribution < 1.29 is 29.0 Å². The molecule has 1 spiro atoms. The van der Waals surface area contributed by atoms with Crippen LogP contribution in [0.2, 0.25) is 0 Å². The molecule has 0 bridgehead atoms. The second-order valence-corrected chi connectivity index (χ2v) is 10.1. The molecule has 1 unspecified atom stereocenters. The number of nitrogens with zero attached hydrogens (tertiary/aromatic N) is 2. The molecule has 8 heteroatoms. The van der Waals surface area contributed by atoms with Crippen molar-refractivity contribution in [1.29, 1.82) is 0 Å². The van der Waals surface area contributed by atoms with E-state index in [1.54, 1.807) is 4.90 Å². The number of ether oxygens (including phenoxy) is 2. The zero-order valence-electron chi connectivity index (χ0n) is 20.9. The molecule has 4 heterocycles. The van der Waals surface area contributed by atoms with Crippen LogP contribution >= 0.6 is 0 Å². The Bertz CT molecular complexity index is 842. The maximum Gasteiger partial charge on any atom is 0.312 e. The van der Waals surface area contributed by atoms with Gasteiger partial charge < -0.3 is 24.4 Å². The van der Waals surface area contributed by atoms with Crippen LogP contribution in [0.1, 0.15) is 64.7 Å². The third-order valence-corrected chi connectivity index (χ3v) is 7.77. The smallest absolute Gasteiger partial charge is 0.312 e. The van der Waals surface area contributed by atoms with Crippen LogP contribution in [0.15, 0.2) is 24.3 Å². The number of aliphatic hydroxyl groups excluding tert-OH is 1. The minimum Gasteiger partial charge on any atom is -0.465 e. The van der Waals surface area contributed by atoms with E-state index >= 15 is 0 Å². The van der Waals surface area contributed by atoms with Crippen LogP contribution in [0.3, 0.4) is 0 Å². The van der Waals surface area contributed by atoms with Gasteiger partial charge in [-0.3, -0.25) is 14.4 Å². The van der Waals surface area contributed by atoms with Crippen LogP contribution in [0.25, 0.3) is 0 Å². The van der Waals surface area contributed by atoms with Crippen LogP contribution in [0.5, 0.6) is 0 Å². The fraction of sp³-hybridized carbons (Fsp3) is 0.741. The summed E-state index contributed by atoms with van der Waals surface area (Å²) >= 11 is 0. The number of rotatable bonds is 9. The summed E-state index contributed by atoms with van der Waals surface area (Å²) in [5.41, 5.74) is -1.17. The van der Waals surface area contributed by atoms with Crippen molar-refractivity contribution >= 4 is 17.8 Å². The molecule has 5 atom stereocenters. The van der Waals surface area contributed by atoms with Crippen molar-refractivity contribution in [3.63, 3.8) is 0 Å². The van der Waals surface area contributed by atoms with E-state index in [1.807, 2.05) is 29.2 Å². The molecular formula is C27H40N2O6. The van der Waals surface area contributed by atoms with Crippen molar-refractivity contribution in [2.24, 2.45) is 11.8 Å². The van der Waals surface area contributed by atoms with Gasteiger partial charge in [0.2, 0.25) is 11.8 Å². The average molecular weight is 489 g/mol. The normalized spacial score (nSPS) is 33.7. The topological polar surface area (TPSA) is 96.4 Å². The average Bonchev–Trinajstić information content (AvgIpc) is 3.23. The highest BCUT2D eigenvalue weighted by Crippen LogP contribution is 2.53. The first-order chi connectivity index (χ1) is 17.0. The van der Waals surface area contributed by atoms with E-state index < -0.39 is 35.6 Å². The number of likely N-dealkylation sites (tertiary alicyclic amines) is 1. The highest BCUT2D eigenvalue weighted by molar-refractivity contribution is 5.99. The van der Waals surface area contributed by atoms with E-state index in [1.165, 1.54) is 0 Å². The molecule has 0 aromatic carbocycles.